The van der Waals surface area contributed by atoms with Crippen LogP contribution in [-0.2, 0) is 6.42 Å². The number of thiophene rings is 1. The smallest absolute Gasteiger partial charge is 0.316 e. The minimum Gasteiger partial charge on any atom is -0.351 e. The Morgan fingerprint density at radius 2 is 2.00 bits per heavy atom. The first-order chi connectivity index (χ1) is 10.0. The van der Waals surface area contributed by atoms with Crippen molar-refractivity contribution in [1.82, 2.24) is 5.32 Å². The van der Waals surface area contributed by atoms with E-state index in [2.05, 4.69) is 23.6 Å². The van der Waals surface area contributed by atoms with Crippen LogP contribution in [0.25, 0.3) is 0 Å². The number of primary amides is 1. The number of benzene rings is 1. The topological polar surface area (TPSA) is 67.2 Å². The Hall–Kier alpha value is -1.56. The third kappa shape index (κ3) is 5.04. The first kappa shape index (κ1) is 15.8. The summed E-state index contributed by atoms with van der Waals surface area (Å²) < 4.78 is 0.829. The summed E-state index contributed by atoms with van der Waals surface area (Å²) >= 11 is 7.52. The molecular weight excluding hydrogens is 306 g/mol. The molecule has 4 N–H and O–H groups in total. The average Bonchev–Trinajstić information content (AvgIpc) is 2.84. The maximum absolute atomic E-state index is 10.8. The van der Waals surface area contributed by atoms with E-state index in [0.29, 0.717) is 5.69 Å². The van der Waals surface area contributed by atoms with Gasteiger partial charge in [-0.1, -0.05) is 23.7 Å². The highest BCUT2D eigenvalue weighted by Crippen LogP contribution is 2.22. The van der Waals surface area contributed by atoms with Gasteiger partial charge in [-0.05, 0) is 43.2 Å². The van der Waals surface area contributed by atoms with E-state index < -0.39 is 6.03 Å². The van der Waals surface area contributed by atoms with Gasteiger partial charge in [0.05, 0.1) is 4.34 Å². The summed E-state index contributed by atoms with van der Waals surface area (Å²) in [5.41, 5.74) is 6.94. The van der Waals surface area contributed by atoms with Gasteiger partial charge in [-0.15, -0.1) is 11.3 Å². The van der Waals surface area contributed by atoms with Crippen molar-refractivity contribution < 1.29 is 4.79 Å². The first-order valence-corrected chi connectivity index (χ1v) is 7.88. The molecule has 2 amide bonds. The minimum absolute atomic E-state index is 0.239. The second-order valence-electron chi connectivity index (χ2n) is 4.74. The Balaban J connectivity index is 1.82. The van der Waals surface area contributed by atoms with E-state index in [9.17, 15) is 4.79 Å². The number of amides is 2. The van der Waals surface area contributed by atoms with E-state index in [1.165, 1.54) is 4.88 Å². The van der Waals surface area contributed by atoms with Crippen molar-refractivity contribution >= 4 is 34.7 Å². The fourth-order valence-electron chi connectivity index (χ4n) is 2.01. The van der Waals surface area contributed by atoms with Crippen LogP contribution >= 0.6 is 22.9 Å². The van der Waals surface area contributed by atoms with E-state index in [1.54, 1.807) is 11.3 Å². The molecule has 2 aromatic rings. The van der Waals surface area contributed by atoms with Crippen LogP contribution in [0.4, 0.5) is 10.5 Å². The monoisotopic (exact) mass is 323 g/mol. The zero-order valence-electron chi connectivity index (χ0n) is 11.7. The molecule has 6 heteroatoms. The molecular formula is C15H18ClN3OS. The molecule has 0 saturated carbocycles. The summed E-state index contributed by atoms with van der Waals surface area (Å²) in [6.07, 6.45) is 0.961. The summed E-state index contributed by atoms with van der Waals surface area (Å²) in [5, 5.41) is 6.01. The lowest BCUT2D eigenvalue weighted by Crippen LogP contribution is -2.21. The lowest BCUT2D eigenvalue weighted by atomic mass is 10.1. The zero-order valence-corrected chi connectivity index (χ0v) is 13.3. The van der Waals surface area contributed by atoms with Crippen molar-refractivity contribution in [3.05, 3.63) is 51.2 Å². The van der Waals surface area contributed by atoms with Gasteiger partial charge in [-0.2, -0.15) is 0 Å². The maximum Gasteiger partial charge on any atom is 0.316 e. The fraction of sp³-hybridized carbons (Fsp3) is 0.267. The van der Waals surface area contributed by atoms with Crippen LogP contribution in [0.15, 0.2) is 36.4 Å². The van der Waals surface area contributed by atoms with Gasteiger partial charge in [0.25, 0.3) is 0 Å². The highest BCUT2D eigenvalue weighted by Gasteiger charge is 2.05. The number of nitrogens with two attached hydrogens (primary N) is 1. The Kier molecular flexibility index (Phi) is 5.61. The second-order valence-corrected chi connectivity index (χ2v) is 6.54. The third-order valence-electron chi connectivity index (χ3n) is 3.13. The van der Waals surface area contributed by atoms with E-state index in [1.807, 2.05) is 30.3 Å². The molecule has 1 aromatic carbocycles. The van der Waals surface area contributed by atoms with Crippen molar-refractivity contribution in [2.24, 2.45) is 5.73 Å². The Morgan fingerprint density at radius 1 is 1.29 bits per heavy atom. The second kappa shape index (κ2) is 7.45. The van der Waals surface area contributed by atoms with Gasteiger partial charge >= 0.3 is 6.03 Å². The molecule has 0 aliphatic heterocycles. The Labute approximate surface area is 133 Å². The number of rotatable bonds is 6. The van der Waals surface area contributed by atoms with Crippen molar-refractivity contribution in [3.8, 4) is 0 Å². The number of nitrogens with one attached hydrogen (secondary N) is 2. The van der Waals surface area contributed by atoms with E-state index in [-0.39, 0.29) is 6.04 Å². The number of hydrogen-bond donors (Lipinski definition) is 3. The van der Waals surface area contributed by atoms with Crippen molar-refractivity contribution in [2.75, 3.05) is 11.9 Å². The van der Waals surface area contributed by atoms with Gasteiger partial charge in [0, 0.05) is 23.2 Å². The van der Waals surface area contributed by atoms with Crippen LogP contribution in [-0.4, -0.2) is 12.6 Å². The van der Waals surface area contributed by atoms with Crippen LogP contribution in [0.2, 0.25) is 4.34 Å². The number of carbonyl (C=O) groups excluding carboxylic acids is 1. The minimum atomic E-state index is -0.552. The molecule has 1 atom stereocenters. The van der Waals surface area contributed by atoms with E-state index >= 15 is 0 Å². The quantitative estimate of drug-likeness (QED) is 0.757. The molecule has 21 heavy (non-hydrogen) atoms. The SMILES string of the molecule is CC(NCCc1ccc(Cl)s1)c1ccc(NC(N)=O)cc1. The Morgan fingerprint density at radius 3 is 2.57 bits per heavy atom. The highest BCUT2D eigenvalue weighted by molar-refractivity contribution is 7.16. The number of hydrogen-bond acceptors (Lipinski definition) is 3. The van der Waals surface area contributed by atoms with Crippen LogP contribution < -0.4 is 16.4 Å². The van der Waals surface area contributed by atoms with Crippen LogP contribution in [0, 0.1) is 0 Å². The van der Waals surface area contributed by atoms with Crippen LogP contribution in [0.1, 0.15) is 23.4 Å². The average molecular weight is 324 g/mol. The van der Waals surface area contributed by atoms with Gasteiger partial charge in [-0.3, -0.25) is 0 Å². The molecule has 1 unspecified atom stereocenters. The summed E-state index contributed by atoms with van der Waals surface area (Å²) in [6.45, 7) is 3.00. The van der Waals surface area contributed by atoms with E-state index in [4.69, 9.17) is 17.3 Å². The molecule has 1 heterocycles. The third-order valence-corrected chi connectivity index (χ3v) is 4.42. The summed E-state index contributed by atoms with van der Waals surface area (Å²) in [6, 6.07) is 11.3. The van der Waals surface area contributed by atoms with Gasteiger partial charge in [0.2, 0.25) is 0 Å². The van der Waals surface area contributed by atoms with Gasteiger partial charge in [0.1, 0.15) is 0 Å². The molecule has 4 nitrogen and oxygen atoms in total. The molecule has 2 rings (SSSR count). The molecule has 0 bridgehead atoms. The molecule has 0 radical (unpaired) electrons. The number of halogens is 1. The Bertz CT molecular complexity index is 597. The lowest BCUT2D eigenvalue weighted by molar-refractivity contribution is 0.259. The van der Waals surface area contributed by atoms with Crippen LogP contribution in [0.5, 0.6) is 0 Å². The van der Waals surface area contributed by atoms with Gasteiger partial charge in [0.15, 0.2) is 0 Å². The van der Waals surface area contributed by atoms with E-state index in [0.717, 1.165) is 22.9 Å². The summed E-state index contributed by atoms with van der Waals surface area (Å²) in [7, 11) is 0. The zero-order chi connectivity index (χ0) is 15.2. The standard InChI is InChI=1S/C15H18ClN3OS/c1-10(18-9-8-13-6-7-14(16)21-13)11-2-4-12(5-3-11)19-15(17)20/h2-7,10,18H,8-9H2,1H3,(H3,17,19,20). The molecule has 0 aliphatic carbocycles. The molecule has 112 valence electrons. The number of urea groups is 1. The first-order valence-electron chi connectivity index (χ1n) is 6.68. The summed E-state index contributed by atoms with van der Waals surface area (Å²) in [4.78, 5) is 12.0. The van der Waals surface area contributed by atoms with Crippen molar-refractivity contribution in [3.63, 3.8) is 0 Å². The number of anilines is 1. The summed E-state index contributed by atoms with van der Waals surface area (Å²) in [5.74, 6) is 0. The molecule has 0 spiro atoms. The highest BCUT2D eigenvalue weighted by atomic mass is 35.5. The fourth-order valence-corrected chi connectivity index (χ4v) is 3.10. The van der Waals surface area contributed by atoms with Crippen molar-refractivity contribution in [1.29, 1.82) is 0 Å². The number of carbonyl (C=O) groups is 1. The van der Waals surface area contributed by atoms with Crippen LogP contribution in [0.3, 0.4) is 0 Å². The van der Waals surface area contributed by atoms with Crippen molar-refractivity contribution in [2.45, 2.75) is 19.4 Å². The predicted molar refractivity (Wildman–Crippen MR) is 89.1 cm³/mol. The molecule has 0 aliphatic rings. The molecule has 0 fully saturated rings. The maximum atomic E-state index is 10.8. The predicted octanol–water partition coefficient (Wildman–Crippen LogP) is 3.79. The normalized spacial score (nSPS) is 12.1. The van der Waals surface area contributed by atoms with Gasteiger partial charge < -0.3 is 16.4 Å². The largest absolute Gasteiger partial charge is 0.351 e. The van der Waals surface area contributed by atoms with Gasteiger partial charge in [-0.25, -0.2) is 4.79 Å². The molecule has 0 saturated heterocycles. The molecule has 1 aromatic heterocycles. The lowest BCUT2D eigenvalue weighted by Gasteiger charge is -2.14.